The van der Waals surface area contributed by atoms with Crippen molar-refractivity contribution >= 4 is 11.7 Å². The maximum atomic E-state index is 11.7. The van der Waals surface area contributed by atoms with Crippen LogP contribution in [0.15, 0.2) is 0 Å². The number of hydrogen-bond acceptors (Lipinski definition) is 2. The standard InChI is InChI=1S/C16H28NO2/c1-3-19-16(18)12-13(2)14-8-4-5-9-15(14)17-10-6-7-11-17/h13-14H,3-12H2,1-2H3/q+1. The topological polar surface area (TPSA) is 29.3 Å². The van der Waals surface area contributed by atoms with Crippen molar-refractivity contribution in [1.29, 1.82) is 0 Å². The summed E-state index contributed by atoms with van der Waals surface area (Å²) in [6.45, 7) is 7.07. The summed E-state index contributed by atoms with van der Waals surface area (Å²) < 4.78 is 7.70. The van der Waals surface area contributed by atoms with Crippen molar-refractivity contribution in [2.75, 3.05) is 19.7 Å². The minimum Gasteiger partial charge on any atom is -0.466 e. The molecule has 3 heteroatoms. The van der Waals surface area contributed by atoms with Gasteiger partial charge in [-0.05, 0) is 25.7 Å². The molecule has 0 spiro atoms. The summed E-state index contributed by atoms with van der Waals surface area (Å²) in [4.78, 5) is 11.7. The van der Waals surface area contributed by atoms with Crippen LogP contribution in [0.3, 0.4) is 0 Å². The molecular weight excluding hydrogens is 238 g/mol. The fraction of sp³-hybridized carbons (Fsp3) is 0.875. The maximum absolute atomic E-state index is 11.7. The van der Waals surface area contributed by atoms with Crippen molar-refractivity contribution in [2.24, 2.45) is 11.8 Å². The van der Waals surface area contributed by atoms with Gasteiger partial charge in [0.1, 0.15) is 13.1 Å². The molecule has 0 bridgehead atoms. The van der Waals surface area contributed by atoms with E-state index in [0.717, 1.165) is 0 Å². The highest BCUT2D eigenvalue weighted by molar-refractivity contribution is 5.84. The van der Waals surface area contributed by atoms with E-state index < -0.39 is 0 Å². The molecule has 0 aromatic heterocycles. The smallest absolute Gasteiger partial charge is 0.306 e. The van der Waals surface area contributed by atoms with Crippen LogP contribution in [0.2, 0.25) is 0 Å². The van der Waals surface area contributed by atoms with E-state index in [2.05, 4.69) is 11.5 Å². The molecule has 0 aromatic carbocycles. The van der Waals surface area contributed by atoms with Crippen LogP contribution in [0, 0.1) is 11.8 Å². The van der Waals surface area contributed by atoms with Crippen molar-refractivity contribution < 1.29 is 14.1 Å². The molecule has 19 heavy (non-hydrogen) atoms. The van der Waals surface area contributed by atoms with E-state index in [4.69, 9.17) is 4.74 Å². The van der Waals surface area contributed by atoms with Gasteiger partial charge in [0.25, 0.3) is 0 Å². The maximum Gasteiger partial charge on any atom is 0.306 e. The minimum atomic E-state index is -0.0265. The van der Waals surface area contributed by atoms with E-state index in [-0.39, 0.29) is 5.97 Å². The lowest BCUT2D eigenvalue weighted by molar-refractivity contribution is -0.510. The van der Waals surface area contributed by atoms with Crippen molar-refractivity contribution in [1.82, 2.24) is 0 Å². The Morgan fingerprint density at radius 2 is 2.05 bits per heavy atom. The molecule has 1 saturated carbocycles. The van der Waals surface area contributed by atoms with Crippen LogP contribution in [-0.4, -0.2) is 36.0 Å². The monoisotopic (exact) mass is 266 g/mol. The number of nitrogens with zero attached hydrogens (tertiary/aromatic N) is 1. The molecule has 0 N–H and O–H groups in total. The molecule has 2 aliphatic rings. The Kier molecular flexibility index (Phi) is 5.41. The largest absolute Gasteiger partial charge is 0.466 e. The summed E-state index contributed by atoms with van der Waals surface area (Å²) >= 11 is 0. The van der Waals surface area contributed by atoms with E-state index in [1.165, 1.54) is 51.6 Å². The van der Waals surface area contributed by atoms with Crippen LogP contribution in [0.5, 0.6) is 0 Å². The number of rotatable bonds is 4. The molecule has 2 fully saturated rings. The van der Waals surface area contributed by atoms with Gasteiger partial charge in [0.05, 0.1) is 6.61 Å². The second-order valence-corrected chi connectivity index (χ2v) is 6.02. The normalized spacial score (nSPS) is 25.5. The first-order valence-corrected chi connectivity index (χ1v) is 7.98. The number of ether oxygens (including phenoxy) is 1. The molecule has 108 valence electrons. The fourth-order valence-corrected chi connectivity index (χ4v) is 3.66. The first-order chi connectivity index (χ1) is 9.22. The molecule has 1 aliphatic heterocycles. The van der Waals surface area contributed by atoms with Gasteiger partial charge in [-0.3, -0.25) is 4.79 Å². The second-order valence-electron chi connectivity index (χ2n) is 6.02. The van der Waals surface area contributed by atoms with Gasteiger partial charge in [-0.1, -0.05) is 13.3 Å². The number of hydrogen-bond donors (Lipinski definition) is 0. The highest BCUT2D eigenvalue weighted by Crippen LogP contribution is 2.30. The van der Waals surface area contributed by atoms with Crippen LogP contribution in [0.25, 0.3) is 0 Å². The van der Waals surface area contributed by atoms with Gasteiger partial charge in [-0.2, -0.15) is 0 Å². The number of esters is 1. The van der Waals surface area contributed by atoms with Gasteiger partial charge in [-0.25, -0.2) is 4.58 Å². The average molecular weight is 266 g/mol. The fourth-order valence-electron chi connectivity index (χ4n) is 3.66. The highest BCUT2D eigenvalue weighted by atomic mass is 16.5. The van der Waals surface area contributed by atoms with Crippen LogP contribution in [0.4, 0.5) is 0 Å². The lowest BCUT2D eigenvalue weighted by Crippen LogP contribution is -2.34. The quantitative estimate of drug-likeness (QED) is 0.578. The Balaban J connectivity index is 2.02. The molecule has 2 rings (SSSR count). The molecule has 2 atom stereocenters. The third kappa shape index (κ3) is 3.80. The second kappa shape index (κ2) is 7.06. The van der Waals surface area contributed by atoms with Crippen LogP contribution >= 0.6 is 0 Å². The van der Waals surface area contributed by atoms with Crippen molar-refractivity contribution in [2.45, 2.75) is 58.8 Å². The summed E-state index contributed by atoms with van der Waals surface area (Å²) in [6.07, 6.45) is 8.40. The van der Waals surface area contributed by atoms with E-state index in [1.54, 1.807) is 5.71 Å². The van der Waals surface area contributed by atoms with Crippen molar-refractivity contribution in [3.8, 4) is 0 Å². The summed E-state index contributed by atoms with van der Waals surface area (Å²) in [7, 11) is 0. The third-order valence-electron chi connectivity index (χ3n) is 4.62. The molecule has 2 unspecified atom stereocenters. The molecular formula is C16H28NO2+. The SMILES string of the molecule is CCOC(=O)CC(C)C1CCCCC1=[N+]1CCCC1. The average Bonchev–Trinajstić information content (AvgIpc) is 2.92. The first kappa shape index (κ1) is 14.5. The van der Waals surface area contributed by atoms with Crippen molar-refractivity contribution in [3.05, 3.63) is 0 Å². The Hall–Kier alpha value is -0.860. The molecule has 0 radical (unpaired) electrons. The molecule has 0 aromatic rings. The summed E-state index contributed by atoms with van der Waals surface area (Å²) in [5, 5.41) is 0. The van der Waals surface area contributed by atoms with Gasteiger partial charge in [0.2, 0.25) is 0 Å². The zero-order valence-corrected chi connectivity index (χ0v) is 12.5. The third-order valence-corrected chi connectivity index (χ3v) is 4.62. The molecule has 0 amide bonds. The highest BCUT2D eigenvalue weighted by Gasteiger charge is 2.34. The lowest BCUT2D eigenvalue weighted by Gasteiger charge is -2.27. The van der Waals surface area contributed by atoms with E-state index in [0.29, 0.717) is 24.9 Å². The van der Waals surface area contributed by atoms with Gasteiger partial charge in [0, 0.05) is 31.6 Å². The van der Waals surface area contributed by atoms with Crippen LogP contribution < -0.4 is 0 Å². The van der Waals surface area contributed by atoms with Gasteiger partial charge >= 0.3 is 5.97 Å². The Bertz CT molecular complexity index is 341. The molecule has 1 aliphatic carbocycles. The predicted molar refractivity (Wildman–Crippen MR) is 76.6 cm³/mol. The number of carbonyl (C=O) groups is 1. The summed E-state index contributed by atoms with van der Waals surface area (Å²) in [6, 6.07) is 0. The van der Waals surface area contributed by atoms with E-state index >= 15 is 0 Å². The zero-order valence-electron chi connectivity index (χ0n) is 12.5. The Labute approximate surface area is 117 Å². The Morgan fingerprint density at radius 3 is 2.74 bits per heavy atom. The van der Waals surface area contributed by atoms with Crippen LogP contribution in [-0.2, 0) is 9.53 Å². The first-order valence-electron chi connectivity index (χ1n) is 7.98. The van der Waals surface area contributed by atoms with Gasteiger partial charge < -0.3 is 4.74 Å². The molecule has 1 heterocycles. The molecule has 3 nitrogen and oxygen atoms in total. The Morgan fingerprint density at radius 1 is 1.32 bits per heavy atom. The summed E-state index contributed by atoms with van der Waals surface area (Å²) in [5.74, 6) is 1.01. The summed E-state index contributed by atoms with van der Waals surface area (Å²) in [5.41, 5.74) is 1.64. The zero-order chi connectivity index (χ0) is 13.7. The molecule has 1 saturated heterocycles. The minimum absolute atomic E-state index is 0.0265. The van der Waals surface area contributed by atoms with Crippen LogP contribution in [0.1, 0.15) is 58.8 Å². The van der Waals surface area contributed by atoms with Gasteiger partial charge in [-0.15, -0.1) is 0 Å². The van der Waals surface area contributed by atoms with E-state index in [9.17, 15) is 4.79 Å². The van der Waals surface area contributed by atoms with Gasteiger partial charge in [0.15, 0.2) is 5.71 Å². The van der Waals surface area contributed by atoms with E-state index in [1.807, 2.05) is 6.92 Å². The predicted octanol–water partition coefficient (Wildman–Crippen LogP) is 3.01. The number of carbonyl (C=O) groups excluding carboxylic acids is 1. The lowest BCUT2D eigenvalue weighted by atomic mass is 9.77. The van der Waals surface area contributed by atoms with Crippen molar-refractivity contribution in [3.63, 3.8) is 0 Å².